The molecule has 0 aliphatic heterocycles. The Kier molecular flexibility index (Phi) is 4.28. The number of hydrogen-bond donors (Lipinski definition) is 1. The van der Waals surface area contributed by atoms with Crippen molar-refractivity contribution in [1.29, 1.82) is 0 Å². The second kappa shape index (κ2) is 5.97. The van der Waals surface area contributed by atoms with E-state index in [0.29, 0.717) is 5.41 Å². The number of rotatable bonds is 5. The zero-order valence-electron chi connectivity index (χ0n) is 11.6. The molecule has 1 N–H and O–H groups in total. The smallest absolute Gasteiger partial charge is 0.0177 e. The van der Waals surface area contributed by atoms with E-state index in [-0.39, 0.29) is 0 Å². The summed E-state index contributed by atoms with van der Waals surface area (Å²) in [5.41, 5.74) is 2.01. The lowest BCUT2D eigenvalue weighted by Gasteiger charge is -2.38. The highest BCUT2D eigenvalue weighted by molar-refractivity contribution is 9.10. The number of halogens is 1. The minimum Gasteiger partial charge on any atom is -0.313 e. The van der Waals surface area contributed by atoms with E-state index < -0.39 is 0 Å². The first-order chi connectivity index (χ1) is 9.26. The fourth-order valence-electron chi connectivity index (χ4n) is 3.45. The summed E-state index contributed by atoms with van der Waals surface area (Å²) in [6.45, 7) is 1.23. The van der Waals surface area contributed by atoms with Crippen LogP contribution >= 0.6 is 15.9 Å². The molecule has 0 radical (unpaired) electrons. The van der Waals surface area contributed by atoms with Gasteiger partial charge in [-0.3, -0.25) is 0 Å². The third-order valence-corrected chi connectivity index (χ3v) is 5.22. The van der Waals surface area contributed by atoms with E-state index >= 15 is 0 Å². The van der Waals surface area contributed by atoms with Gasteiger partial charge < -0.3 is 5.32 Å². The Morgan fingerprint density at radius 2 is 1.95 bits per heavy atom. The normalized spacial score (nSPS) is 22.4. The molecule has 2 heteroatoms. The topological polar surface area (TPSA) is 12.0 Å². The molecule has 2 aliphatic rings. The Balaban J connectivity index is 1.69. The minimum atomic E-state index is 0.516. The van der Waals surface area contributed by atoms with Gasteiger partial charge in [-0.15, -0.1) is 0 Å². The van der Waals surface area contributed by atoms with Gasteiger partial charge in [-0.2, -0.15) is 0 Å². The van der Waals surface area contributed by atoms with Gasteiger partial charge in [0.25, 0.3) is 0 Å². The van der Waals surface area contributed by atoms with Crippen LogP contribution in [-0.4, -0.2) is 12.6 Å². The molecule has 104 valence electrons. The van der Waals surface area contributed by atoms with Crippen molar-refractivity contribution in [2.45, 2.75) is 57.4 Å². The Morgan fingerprint density at radius 1 is 1.16 bits per heavy atom. The summed E-state index contributed by atoms with van der Waals surface area (Å²) in [5.74, 6) is 0. The van der Waals surface area contributed by atoms with Crippen LogP contribution in [0.1, 0.15) is 50.5 Å². The van der Waals surface area contributed by atoms with Crippen molar-refractivity contribution in [3.63, 3.8) is 0 Å². The molecule has 2 fully saturated rings. The molecular weight excluding hydrogens is 298 g/mol. The second-order valence-corrected chi connectivity index (χ2v) is 7.44. The molecule has 0 heterocycles. The molecule has 0 saturated heterocycles. The monoisotopic (exact) mass is 321 g/mol. The van der Waals surface area contributed by atoms with E-state index in [9.17, 15) is 0 Å². The largest absolute Gasteiger partial charge is 0.313 e. The Morgan fingerprint density at radius 3 is 2.63 bits per heavy atom. The van der Waals surface area contributed by atoms with Crippen LogP contribution in [0, 0.1) is 5.41 Å². The number of nitrogens with one attached hydrogen (secondary N) is 1. The number of benzene rings is 1. The maximum Gasteiger partial charge on any atom is 0.0177 e. The van der Waals surface area contributed by atoms with Gasteiger partial charge in [-0.05, 0) is 55.2 Å². The van der Waals surface area contributed by atoms with Crippen molar-refractivity contribution in [3.05, 3.63) is 34.3 Å². The summed E-state index contributed by atoms with van der Waals surface area (Å²) >= 11 is 3.60. The third kappa shape index (κ3) is 3.82. The fourth-order valence-corrected chi connectivity index (χ4v) is 3.89. The van der Waals surface area contributed by atoms with Crippen molar-refractivity contribution in [3.8, 4) is 0 Å². The molecule has 0 amide bonds. The summed E-state index contributed by atoms with van der Waals surface area (Å²) in [5, 5.41) is 3.79. The molecule has 2 aliphatic carbocycles. The van der Waals surface area contributed by atoms with Crippen LogP contribution in [0.25, 0.3) is 0 Å². The standard InChI is InChI=1S/C17H24BrN/c18-15-6-4-5-14(11-15)12-17(9-2-1-3-10-17)13-19-16-7-8-16/h4-6,11,16,19H,1-3,7-10,12-13H2. The van der Waals surface area contributed by atoms with Gasteiger partial charge >= 0.3 is 0 Å². The highest BCUT2D eigenvalue weighted by atomic mass is 79.9. The van der Waals surface area contributed by atoms with Gasteiger partial charge in [0.1, 0.15) is 0 Å². The minimum absolute atomic E-state index is 0.516. The Labute approximate surface area is 125 Å². The van der Waals surface area contributed by atoms with Gasteiger partial charge in [-0.25, -0.2) is 0 Å². The van der Waals surface area contributed by atoms with Crippen molar-refractivity contribution < 1.29 is 0 Å². The van der Waals surface area contributed by atoms with Crippen LogP contribution in [0.3, 0.4) is 0 Å². The van der Waals surface area contributed by atoms with Crippen molar-refractivity contribution in [1.82, 2.24) is 5.32 Å². The summed E-state index contributed by atoms with van der Waals surface area (Å²) < 4.78 is 1.21. The molecule has 19 heavy (non-hydrogen) atoms. The predicted molar refractivity (Wildman–Crippen MR) is 84.4 cm³/mol. The summed E-state index contributed by atoms with van der Waals surface area (Å²) in [4.78, 5) is 0. The molecule has 0 spiro atoms. The average molecular weight is 322 g/mol. The SMILES string of the molecule is Brc1cccc(CC2(CNC3CC3)CCCCC2)c1. The molecule has 0 unspecified atom stereocenters. The van der Waals surface area contributed by atoms with Gasteiger partial charge in [0, 0.05) is 17.1 Å². The van der Waals surface area contributed by atoms with Crippen LogP contribution in [0.5, 0.6) is 0 Å². The molecular formula is C17H24BrN. The van der Waals surface area contributed by atoms with E-state index in [0.717, 1.165) is 6.04 Å². The quantitative estimate of drug-likeness (QED) is 0.829. The van der Waals surface area contributed by atoms with Gasteiger partial charge in [0.15, 0.2) is 0 Å². The molecule has 2 saturated carbocycles. The lowest BCUT2D eigenvalue weighted by atomic mass is 9.70. The molecule has 0 atom stereocenters. The van der Waals surface area contributed by atoms with Crippen molar-refractivity contribution in [2.75, 3.05) is 6.54 Å². The molecule has 0 aromatic heterocycles. The Hall–Kier alpha value is -0.340. The van der Waals surface area contributed by atoms with Crippen LogP contribution in [0.2, 0.25) is 0 Å². The molecule has 1 aromatic rings. The maximum atomic E-state index is 3.79. The first-order valence-electron chi connectivity index (χ1n) is 7.74. The average Bonchev–Trinajstić information content (AvgIpc) is 3.22. The second-order valence-electron chi connectivity index (χ2n) is 6.52. The Bertz CT molecular complexity index is 419. The zero-order valence-corrected chi connectivity index (χ0v) is 13.2. The zero-order chi connectivity index (χ0) is 13.1. The van der Waals surface area contributed by atoms with Crippen molar-refractivity contribution >= 4 is 15.9 Å². The van der Waals surface area contributed by atoms with Gasteiger partial charge in [-0.1, -0.05) is 47.3 Å². The van der Waals surface area contributed by atoms with Gasteiger partial charge in [0.05, 0.1) is 0 Å². The van der Waals surface area contributed by atoms with Crippen LogP contribution in [-0.2, 0) is 6.42 Å². The van der Waals surface area contributed by atoms with Gasteiger partial charge in [0.2, 0.25) is 0 Å². The van der Waals surface area contributed by atoms with E-state index in [1.54, 1.807) is 0 Å². The van der Waals surface area contributed by atoms with Crippen LogP contribution < -0.4 is 5.32 Å². The molecule has 1 nitrogen and oxygen atoms in total. The van der Waals surface area contributed by atoms with Crippen LogP contribution in [0.4, 0.5) is 0 Å². The fraction of sp³-hybridized carbons (Fsp3) is 0.647. The molecule has 0 bridgehead atoms. The van der Waals surface area contributed by atoms with E-state index in [4.69, 9.17) is 0 Å². The van der Waals surface area contributed by atoms with Crippen molar-refractivity contribution in [2.24, 2.45) is 5.41 Å². The lowest BCUT2D eigenvalue weighted by molar-refractivity contribution is 0.180. The third-order valence-electron chi connectivity index (χ3n) is 4.73. The predicted octanol–water partition coefficient (Wildman–Crippen LogP) is 4.69. The van der Waals surface area contributed by atoms with E-state index in [1.165, 1.54) is 67.9 Å². The summed E-state index contributed by atoms with van der Waals surface area (Å²) in [7, 11) is 0. The summed E-state index contributed by atoms with van der Waals surface area (Å²) in [6.07, 6.45) is 11.1. The summed E-state index contributed by atoms with van der Waals surface area (Å²) in [6, 6.07) is 9.72. The van der Waals surface area contributed by atoms with Crippen LogP contribution in [0.15, 0.2) is 28.7 Å². The van der Waals surface area contributed by atoms with E-state index in [1.807, 2.05) is 0 Å². The highest BCUT2D eigenvalue weighted by Gasteiger charge is 2.34. The first kappa shape index (κ1) is 13.6. The molecule has 3 rings (SSSR count). The van der Waals surface area contributed by atoms with E-state index in [2.05, 4.69) is 45.5 Å². The number of hydrogen-bond acceptors (Lipinski definition) is 1. The highest BCUT2D eigenvalue weighted by Crippen LogP contribution is 2.39. The molecule has 1 aromatic carbocycles. The maximum absolute atomic E-state index is 3.79. The lowest BCUT2D eigenvalue weighted by Crippen LogP contribution is -2.38. The first-order valence-corrected chi connectivity index (χ1v) is 8.53.